The Labute approximate surface area is 153 Å². The summed E-state index contributed by atoms with van der Waals surface area (Å²) in [5.41, 5.74) is 0.525. The molecule has 2 unspecified atom stereocenters. The first kappa shape index (κ1) is 20.5. The normalized spacial score (nSPS) is 23.6. The number of hydrogen-bond acceptors (Lipinski definition) is 6. The largest absolute Gasteiger partial charge is 0.310 e. The van der Waals surface area contributed by atoms with Crippen LogP contribution in [0.5, 0.6) is 0 Å². The Balaban J connectivity index is 0.00000242. The molecule has 1 aromatic heterocycles. The Kier molecular flexibility index (Phi) is 7.07. The van der Waals surface area contributed by atoms with E-state index in [-0.39, 0.29) is 31.4 Å². The SMILES string of the molecule is Br.CCNC1CC(CCBr)S(=O)(=O)c2sc(S(N)(=O)=O)cc21. The lowest BCUT2D eigenvalue weighted by Crippen LogP contribution is -2.35. The first-order valence-electron chi connectivity index (χ1n) is 6.41. The van der Waals surface area contributed by atoms with Crippen LogP contribution in [0.3, 0.4) is 0 Å². The van der Waals surface area contributed by atoms with Gasteiger partial charge in [0.25, 0.3) is 0 Å². The average molecular weight is 498 g/mol. The van der Waals surface area contributed by atoms with E-state index in [0.717, 1.165) is 11.3 Å². The van der Waals surface area contributed by atoms with E-state index in [1.165, 1.54) is 6.07 Å². The Morgan fingerprint density at radius 3 is 2.64 bits per heavy atom. The maximum absolute atomic E-state index is 12.6. The van der Waals surface area contributed by atoms with E-state index < -0.39 is 25.1 Å². The van der Waals surface area contributed by atoms with Crippen LogP contribution in [-0.4, -0.2) is 34.0 Å². The van der Waals surface area contributed by atoms with Gasteiger partial charge < -0.3 is 5.32 Å². The van der Waals surface area contributed by atoms with Crippen LogP contribution in [0, 0.1) is 0 Å². The molecule has 1 aromatic rings. The van der Waals surface area contributed by atoms with Crippen LogP contribution in [0.2, 0.25) is 0 Å². The van der Waals surface area contributed by atoms with Crippen molar-refractivity contribution in [2.24, 2.45) is 5.14 Å². The van der Waals surface area contributed by atoms with E-state index in [1.54, 1.807) is 0 Å². The lowest BCUT2D eigenvalue weighted by atomic mass is 10.0. The quantitative estimate of drug-likeness (QED) is 0.604. The van der Waals surface area contributed by atoms with Gasteiger partial charge in [-0.25, -0.2) is 22.0 Å². The lowest BCUT2D eigenvalue weighted by molar-refractivity contribution is 0.464. The molecule has 2 atom stereocenters. The highest BCUT2D eigenvalue weighted by Crippen LogP contribution is 2.43. The number of rotatable bonds is 5. The average Bonchev–Trinajstić information content (AvgIpc) is 2.82. The van der Waals surface area contributed by atoms with Crippen molar-refractivity contribution in [2.75, 3.05) is 11.9 Å². The molecule has 22 heavy (non-hydrogen) atoms. The first-order chi connectivity index (χ1) is 9.71. The molecule has 2 rings (SSSR count). The van der Waals surface area contributed by atoms with E-state index in [4.69, 9.17) is 5.14 Å². The van der Waals surface area contributed by atoms with Gasteiger partial charge in [0.05, 0.1) is 5.25 Å². The molecule has 0 spiro atoms. The maximum atomic E-state index is 12.6. The van der Waals surface area contributed by atoms with Gasteiger partial charge in [-0.1, -0.05) is 22.9 Å². The van der Waals surface area contributed by atoms with E-state index in [0.29, 0.717) is 30.3 Å². The van der Waals surface area contributed by atoms with Crippen LogP contribution in [0.1, 0.15) is 31.4 Å². The fraction of sp³-hybridized carbons (Fsp3) is 0.636. The van der Waals surface area contributed by atoms with Gasteiger partial charge in [0.15, 0.2) is 9.84 Å². The third kappa shape index (κ3) is 3.93. The predicted molar refractivity (Wildman–Crippen MR) is 96.4 cm³/mol. The second-order valence-corrected chi connectivity index (χ2v) is 10.9. The molecule has 1 aliphatic rings. The monoisotopic (exact) mass is 496 g/mol. The summed E-state index contributed by atoms with van der Waals surface area (Å²) in [6.45, 7) is 2.60. The summed E-state index contributed by atoms with van der Waals surface area (Å²) in [7, 11) is -7.41. The molecule has 0 saturated heterocycles. The topological polar surface area (TPSA) is 106 Å². The number of nitrogens with two attached hydrogens (primary N) is 1. The number of sulfonamides is 1. The molecule has 0 aromatic carbocycles. The molecule has 0 saturated carbocycles. The van der Waals surface area contributed by atoms with Crippen molar-refractivity contribution in [3.05, 3.63) is 11.6 Å². The molecule has 1 aliphatic heterocycles. The Morgan fingerprint density at radius 1 is 1.50 bits per heavy atom. The van der Waals surface area contributed by atoms with Gasteiger partial charge in [0, 0.05) is 16.9 Å². The molecule has 0 fully saturated rings. The zero-order chi connectivity index (χ0) is 15.8. The molecule has 0 bridgehead atoms. The Hall–Kier alpha value is 0.480. The summed E-state index contributed by atoms with van der Waals surface area (Å²) in [6.07, 6.45) is 0.932. The molecule has 0 aliphatic carbocycles. The van der Waals surface area contributed by atoms with E-state index in [2.05, 4.69) is 21.2 Å². The van der Waals surface area contributed by atoms with Crippen molar-refractivity contribution in [3.8, 4) is 0 Å². The molecule has 128 valence electrons. The van der Waals surface area contributed by atoms with Crippen molar-refractivity contribution in [3.63, 3.8) is 0 Å². The van der Waals surface area contributed by atoms with E-state index in [9.17, 15) is 16.8 Å². The maximum Gasteiger partial charge on any atom is 0.247 e. The summed E-state index contributed by atoms with van der Waals surface area (Å²) in [5.74, 6) is 0. The van der Waals surface area contributed by atoms with Crippen LogP contribution < -0.4 is 10.5 Å². The van der Waals surface area contributed by atoms with Gasteiger partial charge in [-0.2, -0.15) is 0 Å². The summed E-state index contributed by atoms with van der Waals surface area (Å²) in [4.78, 5) is 0. The van der Waals surface area contributed by atoms with Crippen molar-refractivity contribution in [2.45, 2.75) is 39.5 Å². The zero-order valence-electron chi connectivity index (χ0n) is 11.8. The minimum Gasteiger partial charge on any atom is -0.310 e. The number of nitrogens with one attached hydrogen (secondary N) is 1. The minimum atomic E-state index is -3.90. The lowest BCUT2D eigenvalue weighted by Gasteiger charge is -2.29. The van der Waals surface area contributed by atoms with Crippen LogP contribution >= 0.6 is 44.2 Å². The van der Waals surface area contributed by atoms with Gasteiger partial charge >= 0.3 is 0 Å². The van der Waals surface area contributed by atoms with Gasteiger partial charge in [-0.15, -0.1) is 28.3 Å². The van der Waals surface area contributed by atoms with E-state index in [1.807, 2.05) is 6.92 Å². The van der Waals surface area contributed by atoms with Gasteiger partial charge in [0.1, 0.15) is 8.42 Å². The zero-order valence-corrected chi connectivity index (χ0v) is 17.5. The number of fused-ring (bicyclic) bond motifs is 1. The predicted octanol–water partition coefficient (Wildman–Crippen LogP) is 1.96. The highest BCUT2D eigenvalue weighted by molar-refractivity contribution is 9.09. The van der Waals surface area contributed by atoms with Crippen LogP contribution in [0.4, 0.5) is 0 Å². The molecule has 11 heteroatoms. The number of hydrogen-bond donors (Lipinski definition) is 2. The van der Waals surface area contributed by atoms with Crippen molar-refractivity contribution in [1.29, 1.82) is 0 Å². The smallest absolute Gasteiger partial charge is 0.247 e. The highest BCUT2D eigenvalue weighted by atomic mass is 79.9. The molecule has 0 radical (unpaired) electrons. The second kappa shape index (κ2) is 7.58. The van der Waals surface area contributed by atoms with Crippen molar-refractivity contribution < 1.29 is 16.8 Å². The molecular weight excluding hydrogens is 480 g/mol. The number of primary sulfonamides is 1. The standard InChI is InChI=1S/C11H17BrN2O4S3.BrH/c1-2-14-9-5-7(3-4-12)20(15,16)11-8(9)6-10(19-11)21(13,17)18;/h6-7,9,14H,2-5H2,1H3,(H2,13,17,18);1H. The fourth-order valence-electron chi connectivity index (χ4n) is 2.47. The number of halogens is 2. The molecular formula is C11H18Br2N2O4S3. The Morgan fingerprint density at radius 2 is 2.14 bits per heavy atom. The third-order valence-electron chi connectivity index (χ3n) is 3.44. The van der Waals surface area contributed by atoms with Gasteiger partial charge in [0.2, 0.25) is 10.0 Å². The van der Waals surface area contributed by atoms with Crippen molar-refractivity contribution in [1.82, 2.24) is 5.32 Å². The highest BCUT2D eigenvalue weighted by Gasteiger charge is 2.40. The van der Waals surface area contributed by atoms with Crippen LogP contribution in [0.15, 0.2) is 14.5 Å². The fourth-order valence-corrected chi connectivity index (χ4v) is 8.03. The number of alkyl halides is 1. The molecule has 6 nitrogen and oxygen atoms in total. The van der Waals surface area contributed by atoms with Crippen molar-refractivity contribution >= 4 is 64.1 Å². The second-order valence-electron chi connectivity index (χ2n) is 4.84. The first-order valence-corrected chi connectivity index (χ1v) is 11.4. The number of thiophene rings is 1. The summed E-state index contributed by atoms with van der Waals surface area (Å²) >= 11 is 4.03. The molecule has 2 heterocycles. The summed E-state index contributed by atoms with van der Waals surface area (Å²) in [6, 6.07) is 1.23. The van der Waals surface area contributed by atoms with Gasteiger partial charge in [-0.3, -0.25) is 0 Å². The molecule has 0 amide bonds. The Bertz CT molecular complexity index is 731. The van der Waals surface area contributed by atoms with E-state index >= 15 is 0 Å². The number of sulfone groups is 1. The molecule has 3 N–H and O–H groups in total. The summed E-state index contributed by atoms with van der Waals surface area (Å²) < 4.78 is 48.3. The summed E-state index contributed by atoms with van der Waals surface area (Å²) in [5, 5.41) is 8.42. The minimum absolute atomic E-state index is 0. The van der Waals surface area contributed by atoms with Gasteiger partial charge in [-0.05, 0) is 25.5 Å². The van der Waals surface area contributed by atoms with Crippen LogP contribution in [-0.2, 0) is 19.9 Å². The van der Waals surface area contributed by atoms with Crippen LogP contribution in [0.25, 0.3) is 0 Å². The third-order valence-corrected chi connectivity index (χ3v) is 9.26.